The van der Waals surface area contributed by atoms with Crippen molar-refractivity contribution in [1.82, 2.24) is 20.8 Å². The molecule has 1 aromatic carbocycles. The Bertz CT molecular complexity index is 972. The molecule has 1 fully saturated rings. The molecule has 0 spiro atoms. The van der Waals surface area contributed by atoms with Crippen molar-refractivity contribution in [2.45, 2.75) is 43.7 Å². The molecule has 1 aliphatic rings. The van der Waals surface area contributed by atoms with Crippen LogP contribution in [0.1, 0.15) is 36.8 Å². The Labute approximate surface area is 187 Å². The highest BCUT2D eigenvalue weighted by Gasteiger charge is 2.34. The van der Waals surface area contributed by atoms with E-state index in [1.807, 2.05) is 0 Å². The monoisotopic (exact) mass is 500 g/mol. The standard InChI is InChI=1S/C19H19F7N4O4/c20-13-7-11(2-3-12(13)19(24,25)26)33-9-15(31)28-10-1-4-14(27-8-10)16-29-30-17(34-16)32-6-5-18(21,22)23/h2-3,7,10,14,27H,1,4-6,8-9H2,(H,28,31)/t10-,14+/m0/s1. The molecule has 2 aromatic rings. The maximum absolute atomic E-state index is 13.6. The minimum absolute atomic E-state index is 0.124. The molecule has 1 saturated heterocycles. The SMILES string of the molecule is O=C(COc1ccc(C(F)(F)F)c(F)c1)N[C@H]1CC[C@H](c2nnc(OCCC(F)(F)F)o2)NC1. The van der Waals surface area contributed by atoms with Crippen molar-refractivity contribution in [2.24, 2.45) is 0 Å². The summed E-state index contributed by atoms with van der Waals surface area (Å²) in [6.07, 6.45) is -9.83. The van der Waals surface area contributed by atoms with Crippen LogP contribution in [-0.4, -0.2) is 48.1 Å². The molecule has 2 heterocycles. The molecule has 2 N–H and O–H groups in total. The molecule has 1 aromatic heterocycles. The number of halogens is 7. The number of benzene rings is 1. The lowest BCUT2D eigenvalue weighted by Gasteiger charge is -2.28. The van der Waals surface area contributed by atoms with E-state index in [4.69, 9.17) is 13.9 Å². The van der Waals surface area contributed by atoms with E-state index in [1.165, 1.54) is 0 Å². The summed E-state index contributed by atoms with van der Waals surface area (Å²) in [6, 6.07) is 1.28. The minimum atomic E-state index is -4.84. The smallest absolute Gasteiger partial charge is 0.419 e. The number of rotatable bonds is 8. The molecular formula is C19H19F7N4O4. The molecule has 0 radical (unpaired) electrons. The van der Waals surface area contributed by atoms with E-state index in [1.54, 1.807) is 0 Å². The summed E-state index contributed by atoms with van der Waals surface area (Å²) >= 11 is 0. The number of ether oxygens (including phenoxy) is 2. The molecule has 2 atom stereocenters. The Morgan fingerprint density at radius 2 is 1.91 bits per heavy atom. The van der Waals surface area contributed by atoms with Gasteiger partial charge < -0.3 is 24.5 Å². The largest absolute Gasteiger partial charge is 0.484 e. The minimum Gasteiger partial charge on any atom is -0.484 e. The number of hydrogen-bond acceptors (Lipinski definition) is 7. The second-order valence-electron chi connectivity index (χ2n) is 7.35. The number of nitrogens with one attached hydrogen (secondary N) is 2. The Morgan fingerprint density at radius 3 is 2.53 bits per heavy atom. The molecule has 1 aliphatic heterocycles. The van der Waals surface area contributed by atoms with Crippen LogP contribution in [0.25, 0.3) is 0 Å². The van der Waals surface area contributed by atoms with Gasteiger partial charge in [-0.25, -0.2) is 4.39 Å². The van der Waals surface area contributed by atoms with Gasteiger partial charge in [0.2, 0.25) is 5.89 Å². The summed E-state index contributed by atoms with van der Waals surface area (Å²) < 4.78 is 103. The van der Waals surface area contributed by atoms with Crippen molar-refractivity contribution in [3.63, 3.8) is 0 Å². The third-order valence-corrected chi connectivity index (χ3v) is 4.73. The van der Waals surface area contributed by atoms with E-state index in [2.05, 4.69) is 20.8 Å². The number of carbonyl (C=O) groups excluding carboxylic acids is 1. The average molecular weight is 500 g/mol. The van der Waals surface area contributed by atoms with Gasteiger partial charge >= 0.3 is 18.4 Å². The maximum atomic E-state index is 13.6. The Hall–Kier alpha value is -3.10. The molecular weight excluding hydrogens is 481 g/mol. The molecule has 3 rings (SSSR count). The summed E-state index contributed by atoms with van der Waals surface area (Å²) in [5.41, 5.74) is -1.44. The fraction of sp³-hybridized carbons (Fsp3) is 0.526. The molecule has 8 nitrogen and oxygen atoms in total. The highest BCUT2D eigenvalue weighted by Crippen LogP contribution is 2.33. The van der Waals surface area contributed by atoms with Crippen molar-refractivity contribution in [3.8, 4) is 11.8 Å². The predicted molar refractivity (Wildman–Crippen MR) is 99.3 cm³/mol. The summed E-state index contributed by atoms with van der Waals surface area (Å²) in [5, 5.41) is 13.0. The van der Waals surface area contributed by atoms with Gasteiger partial charge in [0.25, 0.3) is 5.91 Å². The number of nitrogens with zero attached hydrogens (tertiary/aromatic N) is 2. The lowest BCUT2D eigenvalue weighted by molar-refractivity contribution is -0.141. The molecule has 15 heteroatoms. The van der Waals surface area contributed by atoms with Gasteiger partial charge in [-0.05, 0) is 25.0 Å². The van der Waals surface area contributed by atoms with Crippen molar-refractivity contribution >= 4 is 5.91 Å². The number of aromatic nitrogens is 2. The third-order valence-electron chi connectivity index (χ3n) is 4.73. The number of hydrogen-bond donors (Lipinski definition) is 2. The molecule has 0 saturated carbocycles. The molecule has 0 aliphatic carbocycles. The Balaban J connectivity index is 1.40. The Morgan fingerprint density at radius 1 is 1.15 bits per heavy atom. The fourth-order valence-electron chi connectivity index (χ4n) is 3.10. The van der Waals surface area contributed by atoms with Crippen LogP contribution in [0.5, 0.6) is 11.8 Å². The summed E-state index contributed by atoms with van der Waals surface area (Å²) in [6.45, 7) is -0.899. The molecule has 188 valence electrons. The Kier molecular flexibility index (Phi) is 7.84. The van der Waals surface area contributed by atoms with Crippen molar-refractivity contribution < 1.29 is 49.4 Å². The number of alkyl halides is 6. The van der Waals surface area contributed by atoms with Crippen molar-refractivity contribution in [2.75, 3.05) is 19.8 Å². The van der Waals surface area contributed by atoms with Crippen LogP contribution in [0.2, 0.25) is 0 Å². The highest BCUT2D eigenvalue weighted by atomic mass is 19.4. The van der Waals surface area contributed by atoms with E-state index < -0.39 is 55.3 Å². The van der Waals surface area contributed by atoms with E-state index in [0.717, 1.165) is 6.07 Å². The summed E-state index contributed by atoms with van der Waals surface area (Å²) in [7, 11) is 0. The van der Waals surface area contributed by atoms with Gasteiger partial charge in [0.1, 0.15) is 18.2 Å². The van der Waals surface area contributed by atoms with Crippen molar-refractivity contribution in [1.29, 1.82) is 0 Å². The second-order valence-corrected chi connectivity index (χ2v) is 7.35. The number of piperidine rings is 1. The summed E-state index contributed by atoms with van der Waals surface area (Å²) in [5.74, 6) is -2.18. The van der Waals surface area contributed by atoms with E-state index in [0.29, 0.717) is 25.0 Å². The summed E-state index contributed by atoms with van der Waals surface area (Å²) in [4.78, 5) is 12.0. The molecule has 34 heavy (non-hydrogen) atoms. The van der Waals surface area contributed by atoms with Crippen LogP contribution in [0.15, 0.2) is 22.6 Å². The first-order chi connectivity index (χ1) is 15.9. The van der Waals surface area contributed by atoms with Gasteiger partial charge in [-0.1, -0.05) is 5.10 Å². The normalized spacial score (nSPS) is 19.0. The fourth-order valence-corrected chi connectivity index (χ4v) is 3.10. The van der Waals surface area contributed by atoms with Crippen LogP contribution >= 0.6 is 0 Å². The van der Waals surface area contributed by atoms with Gasteiger partial charge in [0.05, 0.1) is 18.0 Å². The van der Waals surface area contributed by atoms with Gasteiger partial charge in [0, 0.05) is 18.7 Å². The van der Waals surface area contributed by atoms with E-state index in [9.17, 15) is 35.5 Å². The van der Waals surface area contributed by atoms with Crippen LogP contribution in [-0.2, 0) is 11.0 Å². The maximum Gasteiger partial charge on any atom is 0.419 e. The molecule has 1 amide bonds. The lowest BCUT2D eigenvalue weighted by atomic mass is 10.0. The van der Waals surface area contributed by atoms with E-state index in [-0.39, 0.29) is 30.3 Å². The molecule has 0 bridgehead atoms. The lowest BCUT2D eigenvalue weighted by Crippen LogP contribution is -2.48. The number of carbonyl (C=O) groups is 1. The van der Waals surface area contributed by atoms with E-state index >= 15 is 0 Å². The average Bonchev–Trinajstić information content (AvgIpc) is 3.20. The van der Waals surface area contributed by atoms with Gasteiger partial charge in [-0.3, -0.25) is 4.79 Å². The first kappa shape index (κ1) is 25.5. The van der Waals surface area contributed by atoms with Gasteiger partial charge in [-0.15, -0.1) is 5.10 Å². The van der Waals surface area contributed by atoms with Crippen LogP contribution < -0.4 is 20.1 Å². The second kappa shape index (κ2) is 10.4. The van der Waals surface area contributed by atoms with Crippen molar-refractivity contribution in [3.05, 3.63) is 35.5 Å². The zero-order valence-electron chi connectivity index (χ0n) is 17.3. The zero-order valence-corrected chi connectivity index (χ0v) is 17.3. The van der Waals surface area contributed by atoms with Crippen LogP contribution in [0.4, 0.5) is 30.7 Å². The van der Waals surface area contributed by atoms with Crippen LogP contribution in [0.3, 0.4) is 0 Å². The predicted octanol–water partition coefficient (Wildman–Crippen LogP) is 3.55. The zero-order chi connectivity index (χ0) is 24.9. The number of amides is 1. The third kappa shape index (κ3) is 7.46. The van der Waals surface area contributed by atoms with Crippen LogP contribution in [0, 0.1) is 5.82 Å². The molecule has 0 unspecified atom stereocenters. The highest BCUT2D eigenvalue weighted by molar-refractivity contribution is 5.77. The first-order valence-electron chi connectivity index (χ1n) is 9.96. The first-order valence-corrected chi connectivity index (χ1v) is 9.96. The van der Waals surface area contributed by atoms with Gasteiger partial charge in [-0.2, -0.15) is 26.3 Å². The van der Waals surface area contributed by atoms with Gasteiger partial charge in [0.15, 0.2) is 6.61 Å². The quantitative estimate of drug-likeness (QED) is 0.535. The topological polar surface area (TPSA) is 98.5 Å².